The summed E-state index contributed by atoms with van der Waals surface area (Å²) in [5.41, 5.74) is 24.4. The zero-order valence-corrected chi connectivity index (χ0v) is 25.0. The van der Waals surface area contributed by atoms with Crippen molar-refractivity contribution in [2.45, 2.75) is 19.3 Å². The number of hydrogen-bond acceptors (Lipinski definition) is 0. The van der Waals surface area contributed by atoms with E-state index in [0.29, 0.717) is 0 Å². The van der Waals surface area contributed by atoms with Crippen LogP contribution in [0, 0.1) is 0 Å². The van der Waals surface area contributed by atoms with Crippen LogP contribution in [0.4, 0.5) is 0 Å². The molecular formula is C45H30. The van der Waals surface area contributed by atoms with Crippen molar-refractivity contribution in [2.24, 2.45) is 0 Å². The van der Waals surface area contributed by atoms with Gasteiger partial charge in [-0.2, -0.15) is 0 Å². The van der Waals surface area contributed by atoms with E-state index in [1.807, 2.05) is 0 Å². The van der Waals surface area contributed by atoms with Crippen LogP contribution in [-0.2, 0) is 19.3 Å². The van der Waals surface area contributed by atoms with Crippen molar-refractivity contribution in [1.82, 2.24) is 0 Å². The maximum Gasteiger partial charge on any atom is -0.00134 e. The van der Waals surface area contributed by atoms with Gasteiger partial charge < -0.3 is 0 Å². The van der Waals surface area contributed by atoms with Crippen LogP contribution >= 0.6 is 0 Å². The third kappa shape index (κ3) is 3.92. The SMILES string of the molecule is c1ccc2c(c1)Cc1ccc(-c3cc(-c4ccc5c(c4)-c4ccccc4C5)cc(-c4ccc5c(c4)-c4ccccc4C5)c3)cc1-2. The molecule has 0 saturated carbocycles. The minimum Gasteiger partial charge on any atom is -0.0619 e. The van der Waals surface area contributed by atoms with Gasteiger partial charge in [-0.05, 0) is 156 Å². The van der Waals surface area contributed by atoms with E-state index in [1.54, 1.807) is 0 Å². The topological polar surface area (TPSA) is 0 Å². The first kappa shape index (κ1) is 24.9. The minimum atomic E-state index is 1.02. The molecule has 210 valence electrons. The second kappa shape index (κ2) is 9.52. The average molecular weight is 571 g/mol. The predicted octanol–water partition coefficient (Wildman–Crippen LogP) is 11.4. The van der Waals surface area contributed by atoms with Gasteiger partial charge in [-0.25, -0.2) is 0 Å². The lowest BCUT2D eigenvalue weighted by atomic mass is 9.90. The molecule has 0 radical (unpaired) electrons. The number of benzene rings is 7. The van der Waals surface area contributed by atoms with Gasteiger partial charge in [0.1, 0.15) is 0 Å². The molecule has 0 aromatic heterocycles. The van der Waals surface area contributed by atoms with E-state index in [2.05, 4.69) is 146 Å². The van der Waals surface area contributed by atoms with E-state index in [4.69, 9.17) is 0 Å². The van der Waals surface area contributed by atoms with E-state index in [-0.39, 0.29) is 0 Å². The lowest BCUT2D eigenvalue weighted by Gasteiger charge is -2.14. The standard InChI is InChI=1S/C45H30/c1-4-10-40-31(7-1)19-34-16-13-28(25-43(34)40)37-22-38(29-14-17-35-20-32-8-2-5-11-41(32)44(35)26-29)24-39(23-37)30-15-18-36-21-33-9-3-6-12-42(33)45(36)27-30/h1-18,22-27H,19-21H2. The third-order valence-corrected chi connectivity index (χ3v) is 10.3. The van der Waals surface area contributed by atoms with Gasteiger partial charge in [0.2, 0.25) is 0 Å². The first-order valence-electron chi connectivity index (χ1n) is 16.0. The molecule has 0 atom stereocenters. The van der Waals surface area contributed by atoms with Crippen molar-refractivity contribution in [3.8, 4) is 66.8 Å². The summed E-state index contributed by atoms with van der Waals surface area (Å²) >= 11 is 0. The minimum absolute atomic E-state index is 1.02. The maximum atomic E-state index is 2.42. The summed E-state index contributed by atoms with van der Waals surface area (Å²) in [6.07, 6.45) is 3.05. The quantitative estimate of drug-likeness (QED) is 0.198. The molecule has 0 heteroatoms. The van der Waals surface area contributed by atoms with E-state index < -0.39 is 0 Å². The first-order valence-corrected chi connectivity index (χ1v) is 16.0. The molecule has 0 heterocycles. The van der Waals surface area contributed by atoms with Gasteiger partial charge in [0.25, 0.3) is 0 Å². The first-order chi connectivity index (χ1) is 22.2. The summed E-state index contributed by atoms with van der Waals surface area (Å²) in [6.45, 7) is 0. The van der Waals surface area contributed by atoms with Crippen molar-refractivity contribution >= 4 is 0 Å². The Bertz CT molecular complexity index is 2070. The Balaban J connectivity index is 1.15. The van der Waals surface area contributed by atoms with E-state index in [0.717, 1.165) is 19.3 Å². The lowest BCUT2D eigenvalue weighted by Crippen LogP contribution is -1.89. The highest BCUT2D eigenvalue weighted by Crippen LogP contribution is 2.44. The van der Waals surface area contributed by atoms with Crippen molar-refractivity contribution in [3.63, 3.8) is 0 Å². The van der Waals surface area contributed by atoms with E-state index in [9.17, 15) is 0 Å². The summed E-state index contributed by atoms with van der Waals surface area (Å²) < 4.78 is 0. The summed E-state index contributed by atoms with van der Waals surface area (Å²) in [5, 5.41) is 0. The molecule has 3 aliphatic rings. The summed E-state index contributed by atoms with van der Waals surface area (Å²) in [7, 11) is 0. The Labute approximate surface area is 264 Å². The fourth-order valence-electron chi connectivity index (χ4n) is 8.04. The molecule has 0 amide bonds. The smallest absolute Gasteiger partial charge is 0.00134 e. The highest BCUT2D eigenvalue weighted by Gasteiger charge is 2.22. The largest absolute Gasteiger partial charge is 0.0619 e. The zero-order valence-electron chi connectivity index (χ0n) is 25.0. The summed E-state index contributed by atoms with van der Waals surface area (Å²) in [5.74, 6) is 0. The van der Waals surface area contributed by atoms with Crippen LogP contribution in [0.3, 0.4) is 0 Å². The molecule has 45 heavy (non-hydrogen) atoms. The maximum absolute atomic E-state index is 2.42. The van der Waals surface area contributed by atoms with Crippen molar-refractivity contribution < 1.29 is 0 Å². The zero-order chi connectivity index (χ0) is 29.5. The van der Waals surface area contributed by atoms with Crippen LogP contribution in [0.5, 0.6) is 0 Å². The molecule has 0 fully saturated rings. The normalized spacial score (nSPS) is 13.1. The molecule has 0 nitrogen and oxygen atoms in total. The fraction of sp³-hybridized carbons (Fsp3) is 0.0667. The van der Waals surface area contributed by atoms with Gasteiger partial charge in [-0.3, -0.25) is 0 Å². The predicted molar refractivity (Wildman–Crippen MR) is 187 cm³/mol. The molecule has 0 N–H and O–H groups in total. The summed E-state index contributed by atoms with van der Waals surface area (Å²) in [4.78, 5) is 0. The average Bonchev–Trinajstić information content (AvgIpc) is 3.78. The van der Waals surface area contributed by atoms with Crippen LogP contribution in [0.25, 0.3) is 66.8 Å². The lowest BCUT2D eigenvalue weighted by molar-refractivity contribution is 1.26. The van der Waals surface area contributed by atoms with Crippen LogP contribution in [0.2, 0.25) is 0 Å². The number of hydrogen-bond donors (Lipinski definition) is 0. The van der Waals surface area contributed by atoms with Crippen molar-refractivity contribution in [2.75, 3.05) is 0 Å². The van der Waals surface area contributed by atoms with Crippen LogP contribution in [0.15, 0.2) is 146 Å². The Morgan fingerprint density at radius 1 is 0.222 bits per heavy atom. The van der Waals surface area contributed by atoms with Gasteiger partial charge >= 0.3 is 0 Å². The Hall–Kier alpha value is -5.46. The van der Waals surface area contributed by atoms with Gasteiger partial charge in [0.05, 0.1) is 0 Å². The second-order valence-corrected chi connectivity index (χ2v) is 12.9. The van der Waals surface area contributed by atoms with Gasteiger partial charge in [-0.15, -0.1) is 0 Å². The van der Waals surface area contributed by atoms with Gasteiger partial charge in [-0.1, -0.05) is 109 Å². The Morgan fingerprint density at radius 3 is 0.844 bits per heavy atom. The Kier molecular flexibility index (Phi) is 5.27. The molecule has 0 saturated heterocycles. The Morgan fingerprint density at radius 2 is 0.511 bits per heavy atom. The molecule has 0 aliphatic heterocycles. The van der Waals surface area contributed by atoms with Crippen LogP contribution in [0.1, 0.15) is 33.4 Å². The van der Waals surface area contributed by atoms with Crippen molar-refractivity contribution in [3.05, 3.63) is 179 Å². The highest BCUT2D eigenvalue weighted by atomic mass is 14.3. The highest BCUT2D eigenvalue weighted by molar-refractivity contribution is 5.89. The van der Waals surface area contributed by atoms with E-state index in [1.165, 1.54) is 100 Å². The molecule has 7 aromatic carbocycles. The molecule has 3 aliphatic carbocycles. The van der Waals surface area contributed by atoms with Gasteiger partial charge in [0.15, 0.2) is 0 Å². The molecular weight excluding hydrogens is 540 g/mol. The number of rotatable bonds is 3. The van der Waals surface area contributed by atoms with Crippen LogP contribution in [-0.4, -0.2) is 0 Å². The molecule has 10 rings (SSSR count). The molecule has 0 bridgehead atoms. The number of fused-ring (bicyclic) bond motifs is 9. The second-order valence-electron chi connectivity index (χ2n) is 12.9. The van der Waals surface area contributed by atoms with Gasteiger partial charge in [0, 0.05) is 0 Å². The summed E-state index contributed by atoms with van der Waals surface area (Å²) in [6, 6.07) is 55.1. The molecule has 0 spiro atoms. The van der Waals surface area contributed by atoms with Crippen LogP contribution < -0.4 is 0 Å². The molecule has 7 aromatic rings. The fourth-order valence-corrected chi connectivity index (χ4v) is 8.04. The third-order valence-electron chi connectivity index (χ3n) is 10.3. The van der Waals surface area contributed by atoms with E-state index >= 15 is 0 Å². The monoisotopic (exact) mass is 570 g/mol. The molecule has 0 unspecified atom stereocenters. The van der Waals surface area contributed by atoms with Crippen molar-refractivity contribution in [1.29, 1.82) is 0 Å².